The lowest BCUT2D eigenvalue weighted by atomic mass is 10.1. The molecule has 1 atom stereocenters. The number of amides is 1. The van der Waals surface area contributed by atoms with Crippen molar-refractivity contribution in [3.8, 4) is 0 Å². The Hall–Kier alpha value is -1.76. The highest BCUT2D eigenvalue weighted by atomic mass is 32.1. The number of thiazole rings is 1. The smallest absolute Gasteiger partial charge is 0.271 e. The van der Waals surface area contributed by atoms with Crippen LogP contribution in [0.2, 0.25) is 0 Å². The Bertz CT molecular complexity index is 597. The minimum Gasteiger partial charge on any atom is -0.346 e. The maximum absolute atomic E-state index is 12.3. The largest absolute Gasteiger partial charge is 0.346 e. The van der Waals surface area contributed by atoms with Crippen molar-refractivity contribution in [2.45, 2.75) is 19.0 Å². The molecule has 0 spiro atoms. The lowest BCUT2D eigenvalue weighted by Crippen LogP contribution is -2.43. The fourth-order valence-corrected chi connectivity index (χ4v) is 2.92. The molecule has 5 nitrogen and oxygen atoms in total. The van der Waals surface area contributed by atoms with E-state index in [9.17, 15) is 4.79 Å². The zero-order valence-electron chi connectivity index (χ0n) is 13.0. The summed E-state index contributed by atoms with van der Waals surface area (Å²) >= 11 is 1.42. The van der Waals surface area contributed by atoms with E-state index in [1.165, 1.54) is 16.9 Å². The first-order valence-corrected chi connectivity index (χ1v) is 8.10. The number of hydrogen-bond acceptors (Lipinski definition) is 5. The van der Waals surface area contributed by atoms with Crippen molar-refractivity contribution in [1.29, 1.82) is 0 Å². The number of nitrogens with one attached hydrogen (secondary N) is 1. The van der Waals surface area contributed by atoms with E-state index in [1.54, 1.807) is 5.38 Å². The van der Waals surface area contributed by atoms with Crippen LogP contribution < -0.4 is 11.1 Å². The number of aromatic nitrogens is 1. The standard InChI is InChI=1S/C16H22N4OS/c1-20(2)10-13(8-12-6-4-3-5-7-12)18-16(21)14-11-22-15(9-17)19-14/h3-7,11,13H,8-10,17H2,1-2H3,(H,18,21). The summed E-state index contributed by atoms with van der Waals surface area (Å²) in [4.78, 5) is 18.6. The summed E-state index contributed by atoms with van der Waals surface area (Å²) in [5.41, 5.74) is 7.19. The van der Waals surface area contributed by atoms with Gasteiger partial charge in [-0.2, -0.15) is 0 Å². The molecule has 0 saturated heterocycles. The Balaban J connectivity index is 2.03. The van der Waals surface area contributed by atoms with Crippen LogP contribution in [-0.4, -0.2) is 42.5 Å². The average molecular weight is 318 g/mol. The molecule has 0 saturated carbocycles. The Morgan fingerprint density at radius 3 is 2.68 bits per heavy atom. The van der Waals surface area contributed by atoms with E-state index in [0.29, 0.717) is 12.2 Å². The molecular weight excluding hydrogens is 296 g/mol. The predicted octanol–water partition coefficient (Wildman–Crippen LogP) is 1.50. The molecule has 1 heterocycles. The highest BCUT2D eigenvalue weighted by Crippen LogP contribution is 2.10. The molecular formula is C16H22N4OS. The number of nitrogens with two attached hydrogens (primary N) is 1. The molecule has 2 rings (SSSR count). The summed E-state index contributed by atoms with van der Waals surface area (Å²) in [7, 11) is 4.00. The third kappa shape index (κ3) is 4.91. The van der Waals surface area contributed by atoms with E-state index in [4.69, 9.17) is 5.73 Å². The van der Waals surface area contributed by atoms with Gasteiger partial charge in [-0.05, 0) is 26.1 Å². The fraction of sp³-hybridized carbons (Fsp3) is 0.375. The van der Waals surface area contributed by atoms with E-state index in [2.05, 4.69) is 27.3 Å². The second kappa shape index (κ2) is 8.03. The molecule has 0 fully saturated rings. The van der Waals surface area contributed by atoms with Gasteiger partial charge in [-0.1, -0.05) is 30.3 Å². The predicted molar refractivity (Wildman–Crippen MR) is 90.0 cm³/mol. The minimum absolute atomic E-state index is 0.0351. The zero-order chi connectivity index (χ0) is 15.9. The molecule has 0 bridgehead atoms. The van der Waals surface area contributed by atoms with Crippen LogP contribution in [0.5, 0.6) is 0 Å². The van der Waals surface area contributed by atoms with Gasteiger partial charge in [0.25, 0.3) is 5.91 Å². The molecule has 1 aromatic heterocycles. The molecule has 1 amide bonds. The van der Waals surface area contributed by atoms with Gasteiger partial charge in [0.1, 0.15) is 10.7 Å². The van der Waals surface area contributed by atoms with Crippen LogP contribution in [0.4, 0.5) is 0 Å². The zero-order valence-corrected chi connectivity index (χ0v) is 13.8. The molecule has 0 aliphatic carbocycles. The Morgan fingerprint density at radius 1 is 1.36 bits per heavy atom. The van der Waals surface area contributed by atoms with Crippen LogP contribution in [0.3, 0.4) is 0 Å². The first kappa shape index (κ1) is 16.6. The monoisotopic (exact) mass is 318 g/mol. The maximum Gasteiger partial charge on any atom is 0.271 e. The highest BCUT2D eigenvalue weighted by Gasteiger charge is 2.17. The molecule has 6 heteroatoms. The van der Waals surface area contributed by atoms with Crippen LogP contribution in [0.15, 0.2) is 35.7 Å². The van der Waals surface area contributed by atoms with Gasteiger partial charge in [0.15, 0.2) is 0 Å². The number of rotatable bonds is 7. The number of hydrogen-bond donors (Lipinski definition) is 2. The third-order valence-electron chi connectivity index (χ3n) is 3.20. The van der Waals surface area contributed by atoms with E-state index in [1.807, 2.05) is 32.3 Å². The van der Waals surface area contributed by atoms with Crippen LogP contribution in [0.25, 0.3) is 0 Å². The van der Waals surface area contributed by atoms with Crippen molar-refractivity contribution in [3.05, 3.63) is 52.0 Å². The molecule has 118 valence electrons. The first-order valence-electron chi connectivity index (χ1n) is 7.22. The van der Waals surface area contributed by atoms with Crippen LogP contribution in [-0.2, 0) is 13.0 Å². The van der Waals surface area contributed by atoms with Crippen molar-refractivity contribution in [3.63, 3.8) is 0 Å². The van der Waals surface area contributed by atoms with E-state index < -0.39 is 0 Å². The molecule has 1 aromatic carbocycles. The van der Waals surface area contributed by atoms with Gasteiger partial charge in [-0.25, -0.2) is 4.98 Å². The Kier molecular flexibility index (Phi) is 6.06. The van der Waals surface area contributed by atoms with Crippen molar-refractivity contribution in [1.82, 2.24) is 15.2 Å². The molecule has 22 heavy (non-hydrogen) atoms. The normalized spacial score (nSPS) is 12.4. The molecule has 1 unspecified atom stereocenters. The van der Waals surface area contributed by atoms with Gasteiger partial charge < -0.3 is 16.0 Å². The first-order chi connectivity index (χ1) is 10.6. The van der Waals surface area contributed by atoms with E-state index >= 15 is 0 Å². The van der Waals surface area contributed by atoms with Gasteiger partial charge in [0.2, 0.25) is 0 Å². The third-order valence-corrected chi connectivity index (χ3v) is 4.08. The Labute approximate surface area is 135 Å². The van der Waals surface area contributed by atoms with Crippen molar-refractivity contribution >= 4 is 17.2 Å². The number of likely N-dealkylation sites (N-methyl/N-ethyl adjacent to an activating group) is 1. The Morgan fingerprint density at radius 2 is 2.09 bits per heavy atom. The van der Waals surface area contributed by atoms with Gasteiger partial charge in [0.05, 0.1) is 0 Å². The molecule has 0 aliphatic rings. The van der Waals surface area contributed by atoms with Gasteiger partial charge in [-0.15, -0.1) is 11.3 Å². The van der Waals surface area contributed by atoms with Crippen LogP contribution >= 0.6 is 11.3 Å². The van der Waals surface area contributed by atoms with Crippen LogP contribution in [0.1, 0.15) is 21.1 Å². The molecule has 2 aromatic rings. The average Bonchev–Trinajstić information content (AvgIpc) is 2.96. The summed E-state index contributed by atoms with van der Waals surface area (Å²) in [5.74, 6) is -0.140. The summed E-state index contributed by atoms with van der Waals surface area (Å²) in [6.07, 6.45) is 0.790. The highest BCUT2D eigenvalue weighted by molar-refractivity contribution is 7.09. The van der Waals surface area contributed by atoms with Crippen LogP contribution in [0, 0.1) is 0 Å². The number of carbonyl (C=O) groups excluding carboxylic acids is 1. The summed E-state index contributed by atoms with van der Waals surface area (Å²) < 4.78 is 0. The van der Waals surface area contributed by atoms with Gasteiger partial charge in [-0.3, -0.25) is 4.79 Å². The second-order valence-corrected chi connectivity index (χ2v) is 6.40. The van der Waals surface area contributed by atoms with Crippen molar-refractivity contribution < 1.29 is 4.79 Å². The maximum atomic E-state index is 12.3. The number of carbonyl (C=O) groups is 1. The second-order valence-electron chi connectivity index (χ2n) is 5.45. The van der Waals surface area contributed by atoms with E-state index in [0.717, 1.165) is 18.0 Å². The SMILES string of the molecule is CN(C)CC(Cc1ccccc1)NC(=O)c1csc(CN)n1. The van der Waals surface area contributed by atoms with Gasteiger partial charge >= 0.3 is 0 Å². The lowest BCUT2D eigenvalue weighted by Gasteiger charge is -2.22. The molecule has 0 aliphatic heterocycles. The number of benzene rings is 1. The molecule has 3 N–H and O–H groups in total. The van der Waals surface area contributed by atoms with Crippen molar-refractivity contribution in [2.24, 2.45) is 5.73 Å². The topological polar surface area (TPSA) is 71.2 Å². The minimum atomic E-state index is -0.140. The van der Waals surface area contributed by atoms with Gasteiger partial charge in [0, 0.05) is 24.5 Å². The summed E-state index contributed by atoms with van der Waals surface area (Å²) in [5, 5.41) is 5.61. The molecule has 0 radical (unpaired) electrons. The quantitative estimate of drug-likeness (QED) is 0.812. The lowest BCUT2D eigenvalue weighted by molar-refractivity contribution is 0.0925. The van der Waals surface area contributed by atoms with E-state index in [-0.39, 0.29) is 11.9 Å². The summed E-state index contributed by atoms with van der Waals surface area (Å²) in [6, 6.07) is 10.2. The number of nitrogens with zero attached hydrogens (tertiary/aromatic N) is 2. The summed E-state index contributed by atoms with van der Waals surface area (Å²) in [6.45, 7) is 1.14. The van der Waals surface area contributed by atoms with Crippen molar-refractivity contribution in [2.75, 3.05) is 20.6 Å². The fourth-order valence-electron chi connectivity index (χ4n) is 2.27.